The lowest BCUT2D eigenvalue weighted by Gasteiger charge is -2.21. The third-order valence-electron chi connectivity index (χ3n) is 3.33. The summed E-state index contributed by atoms with van der Waals surface area (Å²) in [6, 6.07) is 7.19. The van der Waals surface area contributed by atoms with Crippen molar-refractivity contribution < 1.29 is 13.2 Å². The van der Waals surface area contributed by atoms with Crippen LogP contribution >= 0.6 is 0 Å². The summed E-state index contributed by atoms with van der Waals surface area (Å²) < 4.78 is 41.6. The van der Waals surface area contributed by atoms with Crippen LogP contribution in [-0.4, -0.2) is 6.54 Å². The fraction of sp³-hybridized carbons (Fsp3) is 0.294. The maximum Gasteiger partial charge on any atom is 0.128 e. The molecule has 0 spiro atoms. The minimum atomic E-state index is -0.708. The summed E-state index contributed by atoms with van der Waals surface area (Å²) in [4.78, 5) is 0. The van der Waals surface area contributed by atoms with Gasteiger partial charge in [0.25, 0.3) is 0 Å². The molecule has 0 aliphatic rings. The second-order valence-electron chi connectivity index (χ2n) is 5.08. The van der Waals surface area contributed by atoms with Gasteiger partial charge in [0.05, 0.1) is 6.04 Å². The zero-order valence-electron chi connectivity index (χ0n) is 12.1. The molecule has 0 aliphatic carbocycles. The van der Waals surface area contributed by atoms with Crippen molar-refractivity contribution in [2.75, 3.05) is 6.54 Å². The smallest absolute Gasteiger partial charge is 0.128 e. The van der Waals surface area contributed by atoms with E-state index in [0.717, 1.165) is 30.2 Å². The molecule has 0 bridgehead atoms. The minimum Gasteiger partial charge on any atom is -0.306 e. The highest BCUT2D eigenvalue weighted by Crippen LogP contribution is 2.28. The number of rotatable bonds is 5. The van der Waals surface area contributed by atoms with Gasteiger partial charge in [-0.25, -0.2) is 13.2 Å². The Bertz CT molecular complexity index is 574. The maximum atomic E-state index is 14.1. The maximum absolute atomic E-state index is 14.1. The van der Waals surface area contributed by atoms with Crippen molar-refractivity contribution in [1.82, 2.24) is 5.32 Å². The van der Waals surface area contributed by atoms with E-state index in [4.69, 9.17) is 0 Å². The molecule has 2 rings (SSSR count). The number of halogens is 3. The molecule has 0 fully saturated rings. The van der Waals surface area contributed by atoms with Crippen LogP contribution in [-0.2, 0) is 0 Å². The highest BCUT2D eigenvalue weighted by Gasteiger charge is 2.21. The number of aryl methyl sites for hydroxylation is 1. The average molecular weight is 293 g/mol. The van der Waals surface area contributed by atoms with Gasteiger partial charge in [0, 0.05) is 11.1 Å². The molecular weight excluding hydrogens is 275 g/mol. The van der Waals surface area contributed by atoms with Gasteiger partial charge in [-0.05, 0) is 44.2 Å². The quantitative estimate of drug-likeness (QED) is 0.855. The first-order valence-corrected chi connectivity index (χ1v) is 6.97. The summed E-state index contributed by atoms with van der Waals surface area (Å²) in [5.41, 5.74) is 1.31. The van der Waals surface area contributed by atoms with Crippen LogP contribution in [0.3, 0.4) is 0 Å². The molecule has 21 heavy (non-hydrogen) atoms. The highest BCUT2D eigenvalue weighted by molar-refractivity contribution is 5.36. The Labute approximate surface area is 122 Å². The van der Waals surface area contributed by atoms with E-state index in [2.05, 4.69) is 5.32 Å². The van der Waals surface area contributed by atoms with Crippen LogP contribution in [0.2, 0.25) is 0 Å². The summed E-state index contributed by atoms with van der Waals surface area (Å²) >= 11 is 0. The molecule has 112 valence electrons. The van der Waals surface area contributed by atoms with Crippen LogP contribution in [0.25, 0.3) is 0 Å². The molecule has 0 aromatic heterocycles. The molecule has 0 aliphatic heterocycles. The van der Waals surface area contributed by atoms with Crippen LogP contribution in [0.15, 0.2) is 36.4 Å². The molecule has 0 saturated heterocycles. The minimum absolute atomic E-state index is 0.118. The van der Waals surface area contributed by atoms with E-state index in [0.29, 0.717) is 12.1 Å². The summed E-state index contributed by atoms with van der Waals surface area (Å²) in [6.45, 7) is 4.37. The number of hydrogen-bond acceptors (Lipinski definition) is 1. The number of benzene rings is 2. The second-order valence-corrected chi connectivity index (χ2v) is 5.08. The average Bonchev–Trinajstić information content (AvgIpc) is 2.46. The van der Waals surface area contributed by atoms with E-state index in [1.54, 1.807) is 12.1 Å². The molecular formula is C17H18F3N. The SMILES string of the molecule is CCCNC(c1cc(C)ccc1F)c1cc(F)ccc1F. The largest absolute Gasteiger partial charge is 0.306 e. The lowest BCUT2D eigenvalue weighted by Crippen LogP contribution is -2.25. The predicted molar refractivity (Wildman–Crippen MR) is 77.6 cm³/mol. The fourth-order valence-corrected chi connectivity index (χ4v) is 2.30. The Morgan fingerprint density at radius 1 is 0.952 bits per heavy atom. The van der Waals surface area contributed by atoms with Gasteiger partial charge in [-0.2, -0.15) is 0 Å². The van der Waals surface area contributed by atoms with Crippen molar-refractivity contribution in [3.05, 3.63) is 70.5 Å². The van der Waals surface area contributed by atoms with E-state index in [1.807, 2.05) is 13.8 Å². The first-order chi connectivity index (χ1) is 10.0. The van der Waals surface area contributed by atoms with Crippen LogP contribution in [0.4, 0.5) is 13.2 Å². The zero-order valence-corrected chi connectivity index (χ0v) is 12.1. The standard InChI is InChI=1S/C17H18F3N/c1-3-8-21-17(13-9-11(2)4-6-15(13)19)14-10-12(18)5-7-16(14)20/h4-7,9-10,17,21H,3,8H2,1-2H3. The number of nitrogens with one attached hydrogen (secondary N) is 1. The zero-order chi connectivity index (χ0) is 15.4. The number of hydrogen-bond donors (Lipinski definition) is 1. The van der Waals surface area contributed by atoms with Crippen LogP contribution in [0.1, 0.15) is 36.1 Å². The molecule has 1 atom stereocenters. The van der Waals surface area contributed by atoms with Crippen molar-refractivity contribution in [1.29, 1.82) is 0 Å². The topological polar surface area (TPSA) is 12.0 Å². The molecule has 1 unspecified atom stereocenters. The summed E-state index contributed by atoms with van der Waals surface area (Å²) in [7, 11) is 0. The van der Waals surface area contributed by atoms with Gasteiger partial charge in [0.2, 0.25) is 0 Å². The summed E-state index contributed by atoms with van der Waals surface area (Å²) in [5, 5.41) is 3.09. The lowest BCUT2D eigenvalue weighted by molar-refractivity contribution is 0.513. The van der Waals surface area contributed by atoms with Crippen molar-refractivity contribution >= 4 is 0 Å². The molecule has 0 amide bonds. The van der Waals surface area contributed by atoms with Crippen LogP contribution < -0.4 is 5.32 Å². The van der Waals surface area contributed by atoms with Gasteiger partial charge in [0.15, 0.2) is 0 Å². The fourth-order valence-electron chi connectivity index (χ4n) is 2.30. The molecule has 2 aromatic carbocycles. The van der Waals surface area contributed by atoms with Gasteiger partial charge in [-0.1, -0.05) is 24.6 Å². The van der Waals surface area contributed by atoms with E-state index >= 15 is 0 Å². The van der Waals surface area contributed by atoms with E-state index in [1.165, 1.54) is 6.07 Å². The molecule has 2 aromatic rings. The van der Waals surface area contributed by atoms with Crippen LogP contribution in [0, 0.1) is 24.4 Å². The third kappa shape index (κ3) is 3.64. The Morgan fingerprint density at radius 2 is 1.57 bits per heavy atom. The van der Waals surface area contributed by atoms with Gasteiger partial charge >= 0.3 is 0 Å². The Hall–Kier alpha value is -1.81. The van der Waals surface area contributed by atoms with Gasteiger partial charge in [-0.3, -0.25) is 0 Å². The van der Waals surface area contributed by atoms with E-state index in [-0.39, 0.29) is 5.56 Å². The van der Waals surface area contributed by atoms with Crippen LogP contribution in [0.5, 0.6) is 0 Å². The Kier molecular flexibility index (Phi) is 5.02. The van der Waals surface area contributed by atoms with Crippen molar-refractivity contribution in [3.63, 3.8) is 0 Å². The van der Waals surface area contributed by atoms with Gasteiger partial charge in [0.1, 0.15) is 17.5 Å². The molecule has 0 saturated carbocycles. The molecule has 4 heteroatoms. The summed E-state index contributed by atoms with van der Waals surface area (Å²) in [5.74, 6) is -1.52. The second kappa shape index (κ2) is 6.76. The lowest BCUT2D eigenvalue weighted by atomic mass is 9.96. The van der Waals surface area contributed by atoms with Gasteiger partial charge < -0.3 is 5.32 Å². The highest BCUT2D eigenvalue weighted by atomic mass is 19.1. The molecule has 1 nitrogen and oxygen atoms in total. The van der Waals surface area contributed by atoms with Crippen molar-refractivity contribution in [3.8, 4) is 0 Å². The Morgan fingerprint density at radius 3 is 2.24 bits per heavy atom. The van der Waals surface area contributed by atoms with Gasteiger partial charge in [-0.15, -0.1) is 0 Å². The normalized spacial score (nSPS) is 12.4. The first kappa shape index (κ1) is 15.6. The predicted octanol–water partition coefficient (Wildman–Crippen LogP) is 4.50. The monoisotopic (exact) mass is 293 g/mol. The van der Waals surface area contributed by atoms with Crippen molar-refractivity contribution in [2.24, 2.45) is 0 Å². The molecule has 1 N–H and O–H groups in total. The summed E-state index contributed by atoms with van der Waals surface area (Å²) in [6.07, 6.45) is 0.806. The van der Waals surface area contributed by atoms with E-state index < -0.39 is 23.5 Å². The molecule has 0 heterocycles. The Balaban J connectivity index is 2.52. The van der Waals surface area contributed by atoms with E-state index in [9.17, 15) is 13.2 Å². The van der Waals surface area contributed by atoms with Crippen molar-refractivity contribution in [2.45, 2.75) is 26.3 Å². The molecule has 0 radical (unpaired) electrons. The third-order valence-corrected chi connectivity index (χ3v) is 3.33. The first-order valence-electron chi connectivity index (χ1n) is 6.97.